The smallest absolute Gasteiger partial charge is 0.341 e. The van der Waals surface area contributed by atoms with Gasteiger partial charge in [-0.25, -0.2) is 4.79 Å². The van der Waals surface area contributed by atoms with Gasteiger partial charge in [0.25, 0.3) is 5.91 Å². The molecule has 1 aromatic rings. The minimum atomic E-state index is -0.812. The largest absolute Gasteiger partial charge is 0.490 e. The lowest BCUT2D eigenvalue weighted by Crippen LogP contribution is -2.44. The Morgan fingerprint density at radius 3 is 2.37 bits per heavy atom. The van der Waals surface area contributed by atoms with E-state index >= 15 is 0 Å². The first-order valence-corrected chi connectivity index (χ1v) is 9.76. The fraction of sp³-hybridized carbons (Fsp3) is 0.619. The topological polar surface area (TPSA) is 73.9 Å². The van der Waals surface area contributed by atoms with Gasteiger partial charge in [0.05, 0.1) is 12.7 Å². The number of carbonyl (C=O) groups excluding carboxylic acids is 2. The van der Waals surface area contributed by atoms with E-state index in [0.29, 0.717) is 29.8 Å². The maximum Gasteiger partial charge on any atom is 0.341 e. The molecule has 0 radical (unpaired) electrons. The van der Waals surface area contributed by atoms with Crippen molar-refractivity contribution in [3.63, 3.8) is 0 Å². The molecule has 1 N–H and O–H groups in total. The average molecular weight is 377 g/mol. The van der Waals surface area contributed by atoms with Crippen LogP contribution in [-0.4, -0.2) is 37.3 Å². The van der Waals surface area contributed by atoms with Crippen LogP contribution in [0.3, 0.4) is 0 Å². The van der Waals surface area contributed by atoms with Crippen LogP contribution >= 0.6 is 0 Å². The van der Waals surface area contributed by atoms with Gasteiger partial charge in [-0.05, 0) is 51.8 Å². The molecule has 0 heterocycles. The van der Waals surface area contributed by atoms with Crippen molar-refractivity contribution in [2.75, 3.05) is 19.0 Å². The lowest BCUT2D eigenvalue weighted by molar-refractivity contribution is -0.139. The van der Waals surface area contributed by atoms with Crippen molar-refractivity contribution in [2.24, 2.45) is 0 Å². The first kappa shape index (κ1) is 21.2. The van der Waals surface area contributed by atoms with E-state index in [4.69, 9.17) is 14.2 Å². The van der Waals surface area contributed by atoms with E-state index in [9.17, 15) is 9.59 Å². The van der Waals surface area contributed by atoms with Gasteiger partial charge in [0.15, 0.2) is 0 Å². The number of ether oxygens (including phenoxy) is 3. The van der Waals surface area contributed by atoms with Gasteiger partial charge in [0.1, 0.15) is 16.9 Å². The molecule has 150 valence electrons. The Morgan fingerprint density at radius 1 is 1.15 bits per heavy atom. The zero-order chi connectivity index (χ0) is 19.9. The zero-order valence-corrected chi connectivity index (χ0v) is 16.8. The number of hydrogen-bond donors (Lipinski definition) is 1. The van der Waals surface area contributed by atoms with Gasteiger partial charge in [0, 0.05) is 12.8 Å². The number of carbonyl (C=O) groups is 2. The molecule has 1 aliphatic carbocycles. The Kier molecular flexibility index (Phi) is 7.66. The molecule has 0 spiro atoms. The Morgan fingerprint density at radius 2 is 1.81 bits per heavy atom. The van der Waals surface area contributed by atoms with Crippen molar-refractivity contribution >= 4 is 17.6 Å². The average Bonchev–Trinajstić information content (AvgIpc) is 2.89. The number of esters is 1. The number of benzene rings is 1. The predicted octanol–water partition coefficient (Wildman–Crippen LogP) is 4.33. The molecule has 1 amide bonds. The van der Waals surface area contributed by atoms with Crippen molar-refractivity contribution < 1.29 is 23.8 Å². The van der Waals surface area contributed by atoms with Crippen molar-refractivity contribution in [1.82, 2.24) is 0 Å². The van der Waals surface area contributed by atoms with Gasteiger partial charge in [0.2, 0.25) is 0 Å². The summed E-state index contributed by atoms with van der Waals surface area (Å²) in [7, 11) is 1.59. The maximum atomic E-state index is 13.0. The Balaban J connectivity index is 2.25. The molecule has 0 atom stereocenters. The molecule has 1 aliphatic rings. The van der Waals surface area contributed by atoms with Gasteiger partial charge in [-0.2, -0.15) is 0 Å². The number of methoxy groups -OCH3 is 1. The van der Waals surface area contributed by atoms with Crippen LogP contribution in [0, 0.1) is 0 Å². The molecule has 0 bridgehead atoms. The van der Waals surface area contributed by atoms with Gasteiger partial charge in [-0.3, -0.25) is 4.79 Å². The van der Waals surface area contributed by atoms with Crippen molar-refractivity contribution in [3.05, 3.63) is 23.8 Å². The van der Waals surface area contributed by atoms with Crippen LogP contribution in [0.15, 0.2) is 18.2 Å². The molecule has 1 saturated carbocycles. The number of nitrogens with one attached hydrogen (secondary N) is 1. The molecule has 1 fully saturated rings. The summed E-state index contributed by atoms with van der Waals surface area (Å²) in [4.78, 5) is 25.3. The zero-order valence-electron chi connectivity index (χ0n) is 16.8. The lowest BCUT2D eigenvalue weighted by atomic mass is 9.93. The third-order valence-corrected chi connectivity index (χ3v) is 4.81. The molecular formula is C21H31NO5. The predicted molar refractivity (Wildman–Crippen MR) is 104 cm³/mol. The summed E-state index contributed by atoms with van der Waals surface area (Å²) in [5.41, 5.74) is 0.0174. The quantitative estimate of drug-likeness (QED) is 0.565. The van der Waals surface area contributed by atoms with Crippen LogP contribution < -0.4 is 10.1 Å². The first-order valence-electron chi connectivity index (χ1n) is 9.76. The minimum Gasteiger partial charge on any atom is -0.490 e. The van der Waals surface area contributed by atoms with Crippen molar-refractivity contribution in [1.29, 1.82) is 0 Å². The van der Waals surface area contributed by atoms with E-state index in [2.05, 4.69) is 5.32 Å². The van der Waals surface area contributed by atoms with E-state index in [1.807, 2.05) is 13.8 Å². The number of anilines is 1. The van der Waals surface area contributed by atoms with Gasteiger partial charge in [-0.1, -0.05) is 25.7 Å². The summed E-state index contributed by atoms with van der Waals surface area (Å²) in [5, 5.41) is 2.92. The van der Waals surface area contributed by atoms with Crippen LogP contribution in [0.1, 0.15) is 69.7 Å². The van der Waals surface area contributed by atoms with Gasteiger partial charge < -0.3 is 19.5 Å². The van der Waals surface area contributed by atoms with Crippen LogP contribution in [0.2, 0.25) is 0 Å². The molecule has 0 saturated heterocycles. The van der Waals surface area contributed by atoms with Crippen LogP contribution in [0.4, 0.5) is 5.69 Å². The van der Waals surface area contributed by atoms with E-state index in [0.717, 1.165) is 25.7 Å². The Hall–Kier alpha value is -2.08. The second-order valence-electron chi connectivity index (χ2n) is 7.16. The second kappa shape index (κ2) is 9.74. The summed E-state index contributed by atoms with van der Waals surface area (Å²) in [6, 6.07) is 5.03. The molecule has 0 unspecified atom stereocenters. The summed E-state index contributed by atoms with van der Waals surface area (Å²) < 4.78 is 16.5. The molecule has 0 aromatic heterocycles. The van der Waals surface area contributed by atoms with Crippen molar-refractivity contribution in [2.45, 2.75) is 71.0 Å². The SMILES string of the molecule is CCOC(=O)c1cc(NC(=O)C2(OC)CCCCCC2)ccc1OC(C)C. The van der Waals surface area contributed by atoms with Crippen LogP contribution in [-0.2, 0) is 14.3 Å². The summed E-state index contributed by atoms with van der Waals surface area (Å²) >= 11 is 0. The fourth-order valence-corrected chi connectivity index (χ4v) is 3.40. The minimum absolute atomic E-state index is 0.0821. The standard InChI is InChI=1S/C21H31NO5/c1-5-26-19(23)17-14-16(10-11-18(17)27-15(2)3)22-20(24)21(25-4)12-8-6-7-9-13-21/h10-11,14-15H,5-9,12-13H2,1-4H3,(H,22,24). The Labute approximate surface area is 161 Å². The monoisotopic (exact) mass is 377 g/mol. The third-order valence-electron chi connectivity index (χ3n) is 4.81. The fourth-order valence-electron chi connectivity index (χ4n) is 3.40. The highest BCUT2D eigenvalue weighted by molar-refractivity contribution is 5.99. The highest BCUT2D eigenvalue weighted by atomic mass is 16.5. The molecule has 2 rings (SSSR count). The summed E-state index contributed by atoms with van der Waals surface area (Å²) in [6.45, 7) is 5.79. The number of amides is 1. The molecular weight excluding hydrogens is 346 g/mol. The highest BCUT2D eigenvalue weighted by Crippen LogP contribution is 2.32. The number of rotatable bonds is 7. The second-order valence-corrected chi connectivity index (χ2v) is 7.16. The van der Waals surface area contributed by atoms with Gasteiger partial charge in [-0.15, -0.1) is 0 Å². The van der Waals surface area contributed by atoms with E-state index < -0.39 is 11.6 Å². The molecule has 6 nitrogen and oxygen atoms in total. The maximum absolute atomic E-state index is 13.0. The summed E-state index contributed by atoms with van der Waals surface area (Å²) in [6.07, 6.45) is 5.50. The normalized spacial score (nSPS) is 16.5. The van der Waals surface area contributed by atoms with Crippen LogP contribution in [0.5, 0.6) is 5.75 Å². The van der Waals surface area contributed by atoms with E-state index in [1.54, 1.807) is 32.2 Å². The lowest BCUT2D eigenvalue weighted by Gasteiger charge is -2.30. The highest BCUT2D eigenvalue weighted by Gasteiger charge is 2.38. The Bertz CT molecular complexity index is 648. The summed E-state index contributed by atoms with van der Waals surface area (Å²) in [5.74, 6) is -0.197. The molecule has 0 aliphatic heterocycles. The third kappa shape index (κ3) is 5.45. The van der Waals surface area contributed by atoms with Crippen molar-refractivity contribution in [3.8, 4) is 5.75 Å². The molecule has 27 heavy (non-hydrogen) atoms. The van der Waals surface area contributed by atoms with E-state index in [1.165, 1.54) is 0 Å². The van der Waals surface area contributed by atoms with Crippen LogP contribution in [0.25, 0.3) is 0 Å². The van der Waals surface area contributed by atoms with Gasteiger partial charge >= 0.3 is 5.97 Å². The van der Waals surface area contributed by atoms with E-state index in [-0.39, 0.29) is 18.6 Å². The molecule has 6 heteroatoms. The number of hydrogen-bond acceptors (Lipinski definition) is 5. The molecule has 1 aromatic carbocycles. The first-order chi connectivity index (χ1) is 12.9.